The van der Waals surface area contributed by atoms with Gasteiger partial charge in [0.2, 0.25) is 0 Å². The zero-order chi connectivity index (χ0) is 58.3. The van der Waals surface area contributed by atoms with Crippen LogP contribution >= 0.6 is 0 Å². The molecular formula is C85H52N2O2. The Morgan fingerprint density at radius 3 is 1.22 bits per heavy atom. The minimum absolute atomic E-state index is 0.652. The van der Waals surface area contributed by atoms with Crippen LogP contribution in [-0.2, 0) is 5.41 Å². The number of nitrogens with zero attached hydrogens (tertiary/aromatic N) is 2. The molecule has 0 unspecified atom stereocenters. The Labute approximate surface area is 513 Å². The predicted octanol–water partition coefficient (Wildman–Crippen LogP) is 23.6. The van der Waals surface area contributed by atoms with Crippen LogP contribution in [-0.4, -0.2) is 0 Å². The Morgan fingerprint density at radius 1 is 0.236 bits per heavy atom. The van der Waals surface area contributed by atoms with Gasteiger partial charge in [-0.25, -0.2) is 0 Å². The fourth-order valence-corrected chi connectivity index (χ4v) is 15.5. The van der Waals surface area contributed by atoms with E-state index in [1.165, 1.54) is 82.4 Å². The summed E-state index contributed by atoms with van der Waals surface area (Å²) in [6, 6.07) is 116. The summed E-state index contributed by atoms with van der Waals surface area (Å²) in [7, 11) is 0. The molecule has 19 rings (SSSR count). The van der Waals surface area contributed by atoms with Crippen molar-refractivity contribution in [3.63, 3.8) is 0 Å². The molecule has 1 spiro atoms. The lowest BCUT2D eigenvalue weighted by atomic mass is 9.68. The van der Waals surface area contributed by atoms with E-state index in [-0.39, 0.29) is 0 Å². The maximum Gasteiger partial charge on any atom is 0.159 e. The van der Waals surface area contributed by atoms with E-state index < -0.39 is 5.41 Å². The topological polar surface area (TPSA) is 32.8 Å². The molecule has 0 amide bonds. The van der Waals surface area contributed by atoms with Crippen molar-refractivity contribution in [2.24, 2.45) is 0 Å². The van der Waals surface area contributed by atoms with Gasteiger partial charge in [0.15, 0.2) is 11.2 Å². The maximum absolute atomic E-state index is 6.70. The van der Waals surface area contributed by atoms with Crippen molar-refractivity contribution in [1.29, 1.82) is 0 Å². The first-order valence-corrected chi connectivity index (χ1v) is 30.6. The molecule has 89 heavy (non-hydrogen) atoms. The summed E-state index contributed by atoms with van der Waals surface area (Å²) in [5, 5.41) is 11.9. The minimum Gasteiger partial charge on any atom is -0.454 e. The third-order valence-corrected chi connectivity index (χ3v) is 19.2. The molecule has 4 heteroatoms. The van der Waals surface area contributed by atoms with Crippen LogP contribution in [0.3, 0.4) is 0 Å². The zero-order valence-electron chi connectivity index (χ0n) is 48.2. The van der Waals surface area contributed by atoms with Crippen molar-refractivity contribution in [2.45, 2.75) is 5.41 Å². The highest BCUT2D eigenvalue weighted by Crippen LogP contribution is 2.67. The molecule has 2 aliphatic rings. The molecule has 17 aromatic rings. The number of furan rings is 2. The lowest BCUT2D eigenvalue weighted by Crippen LogP contribution is -2.26. The van der Waals surface area contributed by atoms with Gasteiger partial charge in [-0.1, -0.05) is 231 Å². The van der Waals surface area contributed by atoms with Crippen molar-refractivity contribution < 1.29 is 8.83 Å². The van der Waals surface area contributed by atoms with Gasteiger partial charge in [-0.15, -0.1) is 0 Å². The number of fused-ring (bicyclic) bond motifs is 23. The van der Waals surface area contributed by atoms with Crippen LogP contribution in [0.15, 0.2) is 324 Å². The number of hydrogen-bond acceptors (Lipinski definition) is 4. The molecule has 0 bridgehead atoms. The van der Waals surface area contributed by atoms with Gasteiger partial charge in [0.25, 0.3) is 0 Å². The van der Waals surface area contributed by atoms with Gasteiger partial charge in [0, 0.05) is 44.3 Å². The molecular weight excluding hydrogens is 1080 g/mol. The highest BCUT2D eigenvalue weighted by molar-refractivity contribution is 6.24. The first-order chi connectivity index (χ1) is 44.2. The fraction of sp³-hybridized carbons (Fsp3) is 0.0118. The van der Waals surface area contributed by atoms with Crippen molar-refractivity contribution >= 4 is 110 Å². The summed E-state index contributed by atoms with van der Waals surface area (Å²) in [5.41, 5.74) is 24.1. The molecule has 0 N–H and O–H groups in total. The molecule has 0 saturated heterocycles. The van der Waals surface area contributed by atoms with Crippen molar-refractivity contribution in [3.8, 4) is 44.5 Å². The van der Waals surface area contributed by atoms with Crippen molar-refractivity contribution in [3.05, 3.63) is 338 Å². The third kappa shape index (κ3) is 7.11. The molecule has 2 heterocycles. The largest absolute Gasteiger partial charge is 0.454 e. The maximum atomic E-state index is 6.70. The average Bonchev–Trinajstić information content (AvgIpc) is 1.49. The second-order valence-electron chi connectivity index (χ2n) is 23.7. The SMILES string of the molecule is c1ccc(N(c2ccc(-c3ccc4c5c(c6ccccc6c4c3)-c3c(cc(-c4ccc(N(c6ccccc6)c6cccc7c6oc6ccccc67)cc4)c4ccccc34)C53c4ccccc4-c4ccccc43)cc2)c2cccc3c2oc2ccccc23)cc1. The molecule has 4 nitrogen and oxygen atoms in total. The summed E-state index contributed by atoms with van der Waals surface area (Å²) in [6.45, 7) is 0. The van der Waals surface area contributed by atoms with Crippen LogP contribution < -0.4 is 9.80 Å². The van der Waals surface area contributed by atoms with Crippen LogP contribution in [0.1, 0.15) is 22.3 Å². The van der Waals surface area contributed by atoms with Crippen LogP contribution in [0.5, 0.6) is 0 Å². The van der Waals surface area contributed by atoms with E-state index >= 15 is 0 Å². The summed E-state index contributed by atoms with van der Waals surface area (Å²) in [4.78, 5) is 4.64. The van der Waals surface area contributed by atoms with E-state index in [0.29, 0.717) is 0 Å². The fourth-order valence-electron chi connectivity index (χ4n) is 15.5. The highest BCUT2D eigenvalue weighted by Gasteiger charge is 2.54. The standard InChI is InChI=1S/C85H52N2O2/c1-3-21-56(22-4-1)86(76-37-19-33-69-64-29-13-17-39-78(64)88-83(69)76)58-46-41-53(42-47-58)55-45-50-68-72(51-55)61-26-8-10-32-67(61)81-80-66-31-9-7-25-60(66)71(52-75(80)85(82(68)81)73-35-15-11-27-62(73)63-28-12-16-36-74(63)85)54-43-48-59(49-44-54)87(57-23-5-2-6-24-57)77-38-20-34-70-65-30-14-18-40-79(65)89-84(70)77/h1-52H. The van der Waals surface area contributed by atoms with Gasteiger partial charge in [-0.2, -0.15) is 0 Å². The van der Waals surface area contributed by atoms with Gasteiger partial charge >= 0.3 is 0 Å². The molecule has 2 aromatic heterocycles. The predicted molar refractivity (Wildman–Crippen MR) is 370 cm³/mol. The molecule has 0 atom stereocenters. The number of rotatable bonds is 8. The zero-order valence-corrected chi connectivity index (χ0v) is 48.2. The number of hydrogen-bond donors (Lipinski definition) is 0. The minimum atomic E-state index is -0.652. The van der Waals surface area contributed by atoms with Gasteiger partial charge in [0.05, 0.1) is 16.8 Å². The Kier molecular flexibility index (Phi) is 10.7. The van der Waals surface area contributed by atoms with Crippen LogP contribution in [0.25, 0.3) is 121 Å². The van der Waals surface area contributed by atoms with E-state index in [0.717, 1.165) is 94.7 Å². The van der Waals surface area contributed by atoms with Gasteiger partial charge in [0.1, 0.15) is 11.2 Å². The first-order valence-electron chi connectivity index (χ1n) is 30.6. The quantitative estimate of drug-likeness (QED) is 0.142. The van der Waals surface area contributed by atoms with Crippen LogP contribution in [0.4, 0.5) is 34.1 Å². The Morgan fingerprint density at radius 2 is 0.663 bits per heavy atom. The highest BCUT2D eigenvalue weighted by atomic mass is 16.3. The molecule has 414 valence electrons. The number of benzene rings is 15. The normalized spacial score (nSPS) is 12.8. The van der Waals surface area contributed by atoms with E-state index in [9.17, 15) is 0 Å². The second kappa shape index (κ2) is 19.1. The Bertz CT molecular complexity index is 5700. The van der Waals surface area contributed by atoms with Gasteiger partial charge in [-0.05, 0) is 184 Å². The van der Waals surface area contributed by atoms with E-state index in [2.05, 4.69) is 313 Å². The molecule has 0 radical (unpaired) electrons. The molecule has 0 fully saturated rings. The lowest BCUT2D eigenvalue weighted by Gasteiger charge is -2.32. The average molecular weight is 1130 g/mol. The van der Waals surface area contributed by atoms with Crippen LogP contribution in [0, 0.1) is 0 Å². The smallest absolute Gasteiger partial charge is 0.159 e. The van der Waals surface area contributed by atoms with E-state index in [4.69, 9.17) is 8.83 Å². The number of anilines is 6. The van der Waals surface area contributed by atoms with Crippen molar-refractivity contribution in [2.75, 3.05) is 9.80 Å². The monoisotopic (exact) mass is 1130 g/mol. The Balaban J connectivity index is 0.798. The van der Waals surface area contributed by atoms with Gasteiger partial charge in [-0.3, -0.25) is 0 Å². The molecule has 15 aromatic carbocycles. The molecule has 2 aliphatic carbocycles. The van der Waals surface area contributed by atoms with E-state index in [1.807, 2.05) is 12.1 Å². The molecule has 0 saturated carbocycles. The second-order valence-corrected chi connectivity index (χ2v) is 23.7. The van der Waals surface area contributed by atoms with E-state index in [1.54, 1.807) is 0 Å². The third-order valence-electron chi connectivity index (χ3n) is 19.2. The number of para-hydroxylation sites is 6. The first kappa shape index (κ1) is 49.5. The molecule has 0 aliphatic heterocycles. The van der Waals surface area contributed by atoms with Gasteiger partial charge < -0.3 is 18.6 Å². The lowest BCUT2D eigenvalue weighted by molar-refractivity contribution is 0.668. The summed E-state index contributed by atoms with van der Waals surface area (Å²) < 4.78 is 13.4. The van der Waals surface area contributed by atoms with Crippen molar-refractivity contribution in [1.82, 2.24) is 0 Å². The summed E-state index contributed by atoms with van der Waals surface area (Å²) in [6.07, 6.45) is 0. The summed E-state index contributed by atoms with van der Waals surface area (Å²) in [5.74, 6) is 0. The summed E-state index contributed by atoms with van der Waals surface area (Å²) >= 11 is 0. The van der Waals surface area contributed by atoms with Crippen LogP contribution in [0.2, 0.25) is 0 Å². The Hall–Kier alpha value is -11.7.